The van der Waals surface area contributed by atoms with Crippen molar-refractivity contribution in [2.75, 3.05) is 0 Å². The average molecular weight is 501 g/mol. The number of carbonyl (C=O) groups excluding carboxylic acids is 1. The minimum atomic E-state index is -0.664. The van der Waals surface area contributed by atoms with Crippen LogP contribution in [0.15, 0.2) is 54.6 Å². The fraction of sp³-hybridized carbons (Fsp3) is 0.130. The normalized spacial score (nSPS) is 11.7. The number of carbonyl (C=O) groups is 1. The SMILES string of the molecule is CC(C(=O)NCc1ccccc1Cl)n1nnc2c(Oc3cc(Cl)cc(C#N)c3)c(Cl)ccc21. The van der Waals surface area contributed by atoms with Crippen molar-refractivity contribution in [1.82, 2.24) is 20.3 Å². The summed E-state index contributed by atoms with van der Waals surface area (Å²) in [7, 11) is 0. The molecule has 1 heterocycles. The maximum atomic E-state index is 12.8. The number of ether oxygens (including phenoxy) is 1. The molecule has 1 aromatic heterocycles. The van der Waals surface area contributed by atoms with Gasteiger partial charge in [-0.3, -0.25) is 4.79 Å². The predicted octanol–water partition coefficient (Wildman–Crippen LogP) is 5.93. The average Bonchev–Trinajstić information content (AvgIpc) is 3.23. The van der Waals surface area contributed by atoms with Gasteiger partial charge in [0, 0.05) is 16.6 Å². The van der Waals surface area contributed by atoms with Gasteiger partial charge in [0.1, 0.15) is 11.8 Å². The van der Waals surface area contributed by atoms with Crippen molar-refractivity contribution < 1.29 is 9.53 Å². The molecule has 0 saturated heterocycles. The monoisotopic (exact) mass is 499 g/mol. The molecule has 1 N–H and O–H groups in total. The predicted molar refractivity (Wildman–Crippen MR) is 127 cm³/mol. The van der Waals surface area contributed by atoms with Crippen molar-refractivity contribution in [2.24, 2.45) is 0 Å². The van der Waals surface area contributed by atoms with Crippen LogP contribution >= 0.6 is 34.8 Å². The van der Waals surface area contributed by atoms with E-state index in [0.29, 0.717) is 37.4 Å². The summed E-state index contributed by atoms with van der Waals surface area (Å²) in [5, 5.41) is 21.6. The molecular formula is C23H16Cl3N5O2. The number of benzene rings is 3. The Morgan fingerprint density at radius 2 is 1.94 bits per heavy atom. The number of nitrogens with zero attached hydrogens (tertiary/aromatic N) is 4. The highest BCUT2D eigenvalue weighted by molar-refractivity contribution is 6.33. The fourth-order valence-electron chi connectivity index (χ4n) is 3.23. The van der Waals surface area contributed by atoms with Gasteiger partial charge in [0.2, 0.25) is 5.91 Å². The van der Waals surface area contributed by atoms with Crippen molar-refractivity contribution in [3.05, 3.63) is 80.8 Å². The molecule has 0 saturated carbocycles. The zero-order chi connectivity index (χ0) is 23.5. The lowest BCUT2D eigenvalue weighted by Crippen LogP contribution is -2.31. The number of amides is 1. The van der Waals surface area contributed by atoms with Gasteiger partial charge in [0.25, 0.3) is 0 Å². The van der Waals surface area contributed by atoms with Gasteiger partial charge in [-0.05, 0) is 48.9 Å². The molecule has 0 aliphatic heterocycles. The Kier molecular flexibility index (Phi) is 6.70. The lowest BCUT2D eigenvalue weighted by molar-refractivity contribution is -0.124. The molecule has 7 nitrogen and oxygen atoms in total. The van der Waals surface area contributed by atoms with Gasteiger partial charge in [0.05, 0.1) is 22.2 Å². The topological polar surface area (TPSA) is 92.8 Å². The molecule has 0 fully saturated rings. The quantitative estimate of drug-likeness (QED) is 0.354. The Morgan fingerprint density at radius 3 is 2.70 bits per heavy atom. The first kappa shape index (κ1) is 22.9. The summed E-state index contributed by atoms with van der Waals surface area (Å²) >= 11 is 18.6. The summed E-state index contributed by atoms with van der Waals surface area (Å²) in [4.78, 5) is 12.8. The lowest BCUT2D eigenvalue weighted by atomic mass is 10.2. The third-order valence-corrected chi connectivity index (χ3v) is 5.81. The molecule has 0 aliphatic rings. The summed E-state index contributed by atoms with van der Waals surface area (Å²) in [5.41, 5.74) is 2.07. The van der Waals surface area contributed by atoms with Crippen LogP contribution in [0.1, 0.15) is 24.1 Å². The lowest BCUT2D eigenvalue weighted by Gasteiger charge is -2.14. The van der Waals surface area contributed by atoms with Crippen molar-refractivity contribution in [2.45, 2.75) is 19.5 Å². The van der Waals surface area contributed by atoms with Gasteiger partial charge in [-0.25, -0.2) is 4.68 Å². The first-order valence-electron chi connectivity index (χ1n) is 9.80. The van der Waals surface area contributed by atoms with E-state index in [-0.39, 0.29) is 18.2 Å². The number of hydrogen-bond donors (Lipinski definition) is 1. The van der Waals surface area contributed by atoms with Crippen LogP contribution in [0.3, 0.4) is 0 Å². The van der Waals surface area contributed by atoms with Crippen LogP contribution in [0.25, 0.3) is 11.0 Å². The van der Waals surface area contributed by atoms with E-state index in [2.05, 4.69) is 15.6 Å². The Balaban J connectivity index is 1.60. The van der Waals surface area contributed by atoms with Gasteiger partial charge >= 0.3 is 0 Å². The number of aromatic nitrogens is 3. The van der Waals surface area contributed by atoms with Crippen molar-refractivity contribution >= 4 is 51.7 Å². The summed E-state index contributed by atoms with van der Waals surface area (Å²) in [5.74, 6) is 0.316. The van der Waals surface area contributed by atoms with Crippen molar-refractivity contribution in [3.63, 3.8) is 0 Å². The highest BCUT2D eigenvalue weighted by Crippen LogP contribution is 2.37. The number of nitriles is 1. The Labute approximate surface area is 204 Å². The van der Waals surface area contributed by atoms with Crippen LogP contribution in [0.4, 0.5) is 0 Å². The summed E-state index contributed by atoms with van der Waals surface area (Å²) in [6.07, 6.45) is 0. The van der Waals surface area contributed by atoms with Gasteiger partial charge in [-0.2, -0.15) is 5.26 Å². The van der Waals surface area contributed by atoms with Crippen LogP contribution in [-0.2, 0) is 11.3 Å². The van der Waals surface area contributed by atoms with Crippen molar-refractivity contribution in [3.8, 4) is 17.6 Å². The summed E-state index contributed by atoms with van der Waals surface area (Å²) < 4.78 is 7.40. The molecule has 1 atom stereocenters. The first-order chi connectivity index (χ1) is 15.9. The highest BCUT2D eigenvalue weighted by Gasteiger charge is 2.22. The molecular weight excluding hydrogens is 485 g/mol. The molecule has 33 heavy (non-hydrogen) atoms. The smallest absolute Gasteiger partial charge is 0.244 e. The summed E-state index contributed by atoms with van der Waals surface area (Å²) in [6, 6.07) is 16.6. The van der Waals surface area contributed by atoms with Gasteiger partial charge in [-0.15, -0.1) is 5.10 Å². The molecule has 0 spiro atoms. The molecule has 4 rings (SSSR count). The minimum Gasteiger partial charge on any atom is -0.453 e. The Hall–Kier alpha value is -3.31. The Bertz CT molecular complexity index is 1400. The Morgan fingerprint density at radius 1 is 1.15 bits per heavy atom. The second-order valence-corrected chi connectivity index (χ2v) is 8.40. The van der Waals surface area contributed by atoms with Gasteiger partial charge in [-0.1, -0.05) is 58.2 Å². The maximum Gasteiger partial charge on any atom is 0.244 e. The van der Waals surface area contributed by atoms with E-state index in [1.807, 2.05) is 24.3 Å². The molecule has 10 heteroatoms. The van der Waals surface area contributed by atoms with Crippen molar-refractivity contribution in [1.29, 1.82) is 5.26 Å². The van der Waals surface area contributed by atoms with Crippen LogP contribution in [-0.4, -0.2) is 20.9 Å². The molecule has 4 aromatic rings. The molecule has 3 aromatic carbocycles. The van der Waals surface area contributed by atoms with E-state index in [1.54, 1.807) is 31.2 Å². The van der Waals surface area contributed by atoms with Crippen LogP contribution in [0, 0.1) is 11.3 Å². The number of halogens is 3. The zero-order valence-corrected chi connectivity index (χ0v) is 19.5. The minimum absolute atomic E-state index is 0.246. The highest BCUT2D eigenvalue weighted by atomic mass is 35.5. The van der Waals surface area contributed by atoms with E-state index < -0.39 is 6.04 Å². The van der Waals surface area contributed by atoms with E-state index in [4.69, 9.17) is 44.8 Å². The number of nitrogens with one attached hydrogen (secondary N) is 1. The number of rotatable bonds is 6. The van der Waals surface area contributed by atoms with Crippen LogP contribution in [0.2, 0.25) is 15.1 Å². The number of hydrogen-bond acceptors (Lipinski definition) is 5. The standard InChI is InChI=1S/C23H16Cl3N5O2/c1-13(23(32)28-12-15-4-2-3-5-18(15)25)31-20-7-6-19(26)22(21(20)29-30-31)33-17-9-14(11-27)8-16(24)10-17/h2-10,13H,12H2,1H3,(H,28,32). The first-order valence-corrected chi connectivity index (χ1v) is 10.9. The molecule has 0 bridgehead atoms. The van der Waals surface area contributed by atoms with E-state index in [9.17, 15) is 4.79 Å². The zero-order valence-electron chi connectivity index (χ0n) is 17.2. The fourth-order valence-corrected chi connectivity index (χ4v) is 3.85. The third-order valence-electron chi connectivity index (χ3n) is 4.93. The molecule has 1 amide bonds. The van der Waals surface area contributed by atoms with Crippen LogP contribution < -0.4 is 10.1 Å². The summed E-state index contributed by atoms with van der Waals surface area (Å²) in [6.45, 7) is 1.99. The van der Waals surface area contributed by atoms with Crippen LogP contribution in [0.5, 0.6) is 11.5 Å². The molecule has 0 aliphatic carbocycles. The third kappa shape index (κ3) is 4.88. The van der Waals surface area contributed by atoms with Gasteiger partial charge < -0.3 is 10.1 Å². The molecule has 1 unspecified atom stereocenters. The van der Waals surface area contributed by atoms with E-state index in [0.717, 1.165) is 5.56 Å². The second kappa shape index (κ2) is 9.67. The largest absolute Gasteiger partial charge is 0.453 e. The molecule has 166 valence electrons. The molecule has 0 radical (unpaired) electrons. The second-order valence-electron chi connectivity index (χ2n) is 7.15. The maximum absolute atomic E-state index is 12.8. The van der Waals surface area contributed by atoms with E-state index in [1.165, 1.54) is 16.8 Å². The van der Waals surface area contributed by atoms with E-state index >= 15 is 0 Å². The van der Waals surface area contributed by atoms with Gasteiger partial charge in [0.15, 0.2) is 11.3 Å². The number of fused-ring (bicyclic) bond motifs is 1.